The van der Waals surface area contributed by atoms with E-state index < -0.39 is 0 Å². The Labute approximate surface area is 120 Å². The highest BCUT2D eigenvalue weighted by Gasteiger charge is 2.20. The minimum Gasteiger partial charge on any atom is -0.305 e. The van der Waals surface area contributed by atoms with E-state index in [0.29, 0.717) is 33.8 Å². The van der Waals surface area contributed by atoms with E-state index >= 15 is 0 Å². The van der Waals surface area contributed by atoms with Crippen molar-refractivity contribution in [3.63, 3.8) is 0 Å². The summed E-state index contributed by atoms with van der Waals surface area (Å²) in [6.07, 6.45) is 1.46. The molecular weight excluding hydrogens is 287 g/mol. The molecule has 0 unspecified atom stereocenters. The van der Waals surface area contributed by atoms with Crippen molar-refractivity contribution < 1.29 is 4.79 Å². The van der Waals surface area contributed by atoms with Crippen molar-refractivity contribution in [1.29, 1.82) is 0 Å². The lowest BCUT2D eigenvalue weighted by atomic mass is 10.3. The highest BCUT2D eigenvalue weighted by atomic mass is 35.5. The Morgan fingerprint density at radius 1 is 1.42 bits per heavy atom. The molecule has 0 aliphatic carbocycles. The number of nitrogens with one attached hydrogen (secondary N) is 1. The molecule has 2 aromatic rings. The zero-order valence-corrected chi connectivity index (χ0v) is 12.0. The van der Waals surface area contributed by atoms with Crippen LogP contribution in [0.25, 0.3) is 0 Å². The smallest absolute Gasteiger partial charge is 0.276 e. The van der Waals surface area contributed by atoms with Gasteiger partial charge in [-0.2, -0.15) is 5.10 Å². The first-order valence-electron chi connectivity index (χ1n) is 5.68. The number of rotatable bonds is 3. The Morgan fingerprint density at radius 3 is 2.74 bits per heavy atom. The van der Waals surface area contributed by atoms with E-state index in [2.05, 4.69) is 15.4 Å². The SMILES string of the molecule is CCn1nc(C)c(Cl)c1C(=O)Nc1ccc(Cl)cn1. The maximum Gasteiger partial charge on any atom is 0.276 e. The number of anilines is 1. The average molecular weight is 299 g/mol. The molecule has 0 radical (unpaired) electrons. The highest BCUT2D eigenvalue weighted by molar-refractivity contribution is 6.34. The van der Waals surface area contributed by atoms with Crippen LogP contribution in [0.1, 0.15) is 23.1 Å². The van der Waals surface area contributed by atoms with Crippen LogP contribution in [0, 0.1) is 6.92 Å². The summed E-state index contributed by atoms with van der Waals surface area (Å²) in [5.74, 6) is 0.0641. The van der Waals surface area contributed by atoms with Gasteiger partial charge >= 0.3 is 0 Å². The summed E-state index contributed by atoms with van der Waals surface area (Å²) in [6, 6.07) is 3.27. The predicted octanol–water partition coefficient (Wildman–Crippen LogP) is 3.17. The molecule has 100 valence electrons. The van der Waals surface area contributed by atoms with Gasteiger partial charge in [-0.3, -0.25) is 9.48 Å². The first-order chi connectivity index (χ1) is 9.02. The van der Waals surface area contributed by atoms with Gasteiger partial charge in [-0.25, -0.2) is 4.98 Å². The van der Waals surface area contributed by atoms with Crippen molar-refractivity contribution >= 4 is 34.9 Å². The lowest BCUT2D eigenvalue weighted by molar-refractivity contribution is 0.101. The number of amides is 1. The van der Waals surface area contributed by atoms with Gasteiger partial charge in [-0.1, -0.05) is 23.2 Å². The molecule has 2 aromatic heterocycles. The quantitative estimate of drug-likeness (QED) is 0.947. The number of hydrogen-bond acceptors (Lipinski definition) is 3. The molecule has 7 heteroatoms. The van der Waals surface area contributed by atoms with Gasteiger partial charge in [0, 0.05) is 12.7 Å². The minimum atomic E-state index is -0.345. The maximum absolute atomic E-state index is 12.2. The molecule has 0 aliphatic rings. The van der Waals surface area contributed by atoms with E-state index in [4.69, 9.17) is 23.2 Å². The summed E-state index contributed by atoms with van der Waals surface area (Å²) in [7, 11) is 0. The summed E-state index contributed by atoms with van der Waals surface area (Å²) in [5.41, 5.74) is 0.955. The first kappa shape index (κ1) is 13.8. The fourth-order valence-electron chi connectivity index (χ4n) is 1.63. The summed E-state index contributed by atoms with van der Waals surface area (Å²) in [4.78, 5) is 16.2. The number of hydrogen-bond donors (Lipinski definition) is 1. The Kier molecular flexibility index (Phi) is 4.07. The molecule has 1 amide bonds. The minimum absolute atomic E-state index is 0.332. The van der Waals surface area contributed by atoms with Crippen LogP contribution in [-0.4, -0.2) is 20.7 Å². The molecule has 0 spiro atoms. The van der Waals surface area contributed by atoms with Crippen LogP contribution < -0.4 is 5.32 Å². The van der Waals surface area contributed by atoms with Gasteiger partial charge in [0.05, 0.1) is 15.7 Å². The van der Waals surface area contributed by atoms with Gasteiger partial charge in [-0.05, 0) is 26.0 Å². The van der Waals surface area contributed by atoms with Gasteiger partial charge < -0.3 is 5.32 Å². The van der Waals surface area contributed by atoms with Crippen LogP contribution in [0.3, 0.4) is 0 Å². The van der Waals surface area contributed by atoms with Crippen molar-refractivity contribution in [2.45, 2.75) is 20.4 Å². The number of nitrogens with zero attached hydrogens (tertiary/aromatic N) is 3. The van der Waals surface area contributed by atoms with Crippen LogP contribution in [0.15, 0.2) is 18.3 Å². The molecule has 5 nitrogen and oxygen atoms in total. The van der Waals surface area contributed by atoms with Crippen LogP contribution in [0.5, 0.6) is 0 Å². The zero-order valence-electron chi connectivity index (χ0n) is 10.4. The molecule has 0 fully saturated rings. The lowest BCUT2D eigenvalue weighted by Crippen LogP contribution is -2.18. The number of aryl methyl sites for hydroxylation is 2. The van der Waals surface area contributed by atoms with E-state index in [1.165, 1.54) is 6.20 Å². The Bertz CT molecular complexity index is 607. The summed E-state index contributed by atoms with van der Waals surface area (Å²) in [5, 5.41) is 7.71. The van der Waals surface area contributed by atoms with Crippen molar-refractivity contribution in [3.05, 3.63) is 39.8 Å². The monoisotopic (exact) mass is 298 g/mol. The predicted molar refractivity (Wildman–Crippen MR) is 74.8 cm³/mol. The second-order valence-corrected chi connectivity index (χ2v) is 4.69. The first-order valence-corrected chi connectivity index (χ1v) is 6.44. The second kappa shape index (κ2) is 5.59. The third-order valence-electron chi connectivity index (χ3n) is 2.54. The maximum atomic E-state index is 12.2. The average Bonchev–Trinajstić information content (AvgIpc) is 2.68. The van der Waals surface area contributed by atoms with Gasteiger partial charge in [-0.15, -0.1) is 0 Å². The standard InChI is InChI=1S/C12H12Cl2N4O/c1-3-18-11(10(14)7(2)17-18)12(19)16-9-5-4-8(13)6-15-9/h4-6H,3H2,1-2H3,(H,15,16,19). The van der Waals surface area contributed by atoms with E-state index in [-0.39, 0.29) is 5.91 Å². The van der Waals surface area contributed by atoms with Crippen LogP contribution >= 0.6 is 23.2 Å². The van der Waals surface area contributed by atoms with E-state index in [1.807, 2.05) is 6.92 Å². The zero-order chi connectivity index (χ0) is 14.0. The molecule has 19 heavy (non-hydrogen) atoms. The molecule has 0 saturated carbocycles. The van der Waals surface area contributed by atoms with Crippen molar-refractivity contribution in [1.82, 2.24) is 14.8 Å². The number of carbonyl (C=O) groups excluding carboxylic acids is 1. The lowest BCUT2D eigenvalue weighted by Gasteiger charge is -2.06. The fraction of sp³-hybridized carbons (Fsp3) is 0.250. The van der Waals surface area contributed by atoms with Crippen molar-refractivity contribution in [3.8, 4) is 0 Å². The number of aromatic nitrogens is 3. The van der Waals surface area contributed by atoms with Crippen LogP contribution in [-0.2, 0) is 6.54 Å². The van der Waals surface area contributed by atoms with Crippen molar-refractivity contribution in [2.24, 2.45) is 0 Å². The molecule has 2 heterocycles. The molecule has 0 aromatic carbocycles. The van der Waals surface area contributed by atoms with Gasteiger partial charge in [0.1, 0.15) is 11.5 Å². The number of halogens is 2. The summed E-state index contributed by atoms with van der Waals surface area (Å²) >= 11 is 11.8. The van der Waals surface area contributed by atoms with E-state index in [1.54, 1.807) is 23.7 Å². The van der Waals surface area contributed by atoms with Crippen LogP contribution in [0.4, 0.5) is 5.82 Å². The Morgan fingerprint density at radius 2 is 2.16 bits per heavy atom. The third-order valence-corrected chi connectivity index (χ3v) is 3.21. The molecule has 2 rings (SSSR count). The molecular formula is C12H12Cl2N4O. The molecule has 0 saturated heterocycles. The Hall–Kier alpha value is -1.59. The number of pyridine rings is 1. The molecule has 1 N–H and O–H groups in total. The second-order valence-electron chi connectivity index (χ2n) is 3.88. The van der Waals surface area contributed by atoms with Crippen molar-refractivity contribution in [2.75, 3.05) is 5.32 Å². The van der Waals surface area contributed by atoms with Gasteiger partial charge in [0.2, 0.25) is 0 Å². The number of carbonyl (C=O) groups is 1. The van der Waals surface area contributed by atoms with Crippen LogP contribution in [0.2, 0.25) is 10.0 Å². The van der Waals surface area contributed by atoms with Gasteiger partial charge in [0.15, 0.2) is 0 Å². The topological polar surface area (TPSA) is 59.8 Å². The van der Waals surface area contributed by atoms with E-state index in [0.717, 1.165) is 0 Å². The summed E-state index contributed by atoms with van der Waals surface area (Å²) in [6.45, 7) is 4.20. The third kappa shape index (κ3) is 2.88. The highest BCUT2D eigenvalue weighted by Crippen LogP contribution is 2.21. The molecule has 0 bridgehead atoms. The normalized spacial score (nSPS) is 10.5. The van der Waals surface area contributed by atoms with E-state index in [9.17, 15) is 4.79 Å². The molecule has 0 aliphatic heterocycles. The van der Waals surface area contributed by atoms with Gasteiger partial charge in [0.25, 0.3) is 5.91 Å². The Balaban J connectivity index is 2.27. The largest absolute Gasteiger partial charge is 0.305 e. The molecule has 0 atom stereocenters. The summed E-state index contributed by atoms with van der Waals surface area (Å²) < 4.78 is 1.56. The fourth-order valence-corrected chi connectivity index (χ4v) is 1.96.